The summed E-state index contributed by atoms with van der Waals surface area (Å²) >= 11 is 0. The minimum absolute atomic E-state index is 0.287. The van der Waals surface area contributed by atoms with Gasteiger partial charge in [-0.3, -0.25) is 0 Å². The van der Waals surface area contributed by atoms with Crippen LogP contribution in [-0.4, -0.2) is 22.3 Å². The van der Waals surface area contributed by atoms with Crippen molar-refractivity contribution in [1.29, 1.82) is 0 Å². The van der Waals surface area contributed by atoms with Gasteiger partial charge < -0.3 is 19.4 Å². The van der Waals surface area contributed by atoms with Gasteiger partial charge in [0, 0.05) is 12.5 Å². The number of carboxylic acids is 1. The summed E-state index contributed by atoms with van der Waals surface area (Å²) in [5.41, 5.74) is 1.43. The number of benzene rings is 1. The first-order chi connectivity index (χ1) is 10.7. The zero-order valence-electron chi connectivity index (χ0n) is 11.6. The van der Waals surface area contributed by atoms with Gasteiger partial charge >= 0.3 is 5.97 Å². The molecule has 0 aliphatic heterocycles. The Bertz CT molecular complexity index is 735. The lowest BCUT2D eigenvalue weighted by atomic mass is 10.1. The van der Waals surface area contributed by atoms with Crippen molar-refractivity contribution in [3.05, 3.63) is 60.4 Å². The molecule has 2 N–H and O–H groups in total. The molecule has 0 spiro atoms. The second-order valence-electron chi connectivity index (χ2n) is 4.78. The molecule has 0 aliphatic carbocycles. The highest BCUT2D eigenvalue weighted by Gasteiger charge is 2.20. The maximum Gasteiger partial charge on any atom is 0.326 e. The molecule has 0 radical (unpaired) electrons. The number of nitrogens with one attached hydrogen (secondary N) is 1. The molecule has 3 rings (SSSR count). The van der Waals surface area contributed by atoms with Gasteiger partial charge in [0.05, 0.1) is 6.26 Å². The van der Waals surface area contributed by atoms with Crippen LogP contribution < -0.4 is 5.32 Å². The second kappa shape index (κ2) is 6.17. The molecule has 1 atom stereocenters. The van der Waals surface area contributed by atoms with Gasteiger partial charge in [-0.1, -0.05) is 35.5 Å². The Morgan fingerprint density at radius 3 is 2.73 bits per heavy atom. The molecular weight excluding hydrogens is 284 g/mol. The van der Waals surface area contributed by atoms with Crippen molar-refractivity contribution in [3.8, 4) is 11.5 Å². The maximum absolute atomic E-state index is 11.4. The van der Waals surface area contributed by atoms with Gasteiger partial charge in [-0.2, -0.15) is 0 Å². The van der Waals surface area contributed by atoms with E-state index < -0.39 is 12.0 Å². The normalized spacial score (nSPS) is 12.0. The Morgan fingerprint density at radius 2 is 2.05 bits per heavy atom. The van der Waals surface area contributed by atoms with Crippen LogP contribution in [0.25, 0.3) is 11.5 Å². The molecule has 0 aliphatic rings. The predicted octanol–water partition coefficient (Wildman–Crippen LogP) is 3.04. The molecule has 0 saturated heterocycles. The summed E-state index contributed by atoms with van der Waals surface area (Å²) in [5.74, 6) is -0.110. The van der Waals surface area contributed by atoms with E-state index in [4.69, 9.17) is 8.94 Å². The van der Waals surface area contributed by atoms with E-state index in [0.717, 1.165) is 5.56 Å². The van der Waals surface area contributed by atoms with Gasteiger partial charge in [-0.25, -0.2) is 4.79 Å². The molecule has 6 heteroatoms. The summed E-state index contributed by atoms with van der Waals surface area (Å²) in [6.07, 6.45) is 1.87. The summed E-state index contributed by atoms with van der Waals surface area (Å²) in [4.78, 5) is 11.4. The Hall–Kier alpha value is -3.02. The molecule has 0 unspecified atom stereocenters. The van der Waals surface area contributed by atoms with E-state index in [1.807, 2.05) is 30.3 Å². The first-order valence-electron chi connectivity index (χ1n) is 6.76. The van der Waals surface area contributed by atoms with Crippen molar-refractivity contribution in [2.75, 3.05) is 5.32 Å². The van der Waals surface area contributed by atoms with Gasteiger partial charge in [0.2, 0.25) is 5.88 Å². The Balaban J connectivity index is 1.73. The molecule has 0 saturated carbocycles. The first-order valence-corrected chi connectivity index (χ1v) is 6.76. The van der Waals surface area contributed by atoms with Crippen molar-refractivity contribution in [2.24, 2.45) is 0 Å². The average molecular weight is 298 g/mol. The van der Waals surface area contributed by atoms with Gasteiger partial charge in [0.15, 0.2) is 11.5 Å². The topological polar surface area (TPSA) is 88.5 Å². The van der Waals surface area contributed by atoms with E-state index in [2.05, 4.69) is 10.5 Å². The molecule has 2 aromatic heterocycles. The SMILES string of the molecule is O=C(O)[C@H](Cc1ccccc1)Nc1cc(-c2ccco2)no1. The van der Waals surface area contributed by atoms with Gasteiger partial charge in [0.25, 0.3) is 0 Å². The van der Waals surface area contributed by atoms with Crippen LogP contribution in [0.15, 0.2) is 63.7 Å². The largest absolute Gasteiger partial charge is 0.480 e. The highest BCUT2D eigenvalue weighted by atomic mass is 16.5. The Morgan fingerprint density at radius 1 is 1.23 bits per heavy atom. The monoisotopic (exact) mass is 298 g/mol. The summed E-state index contributed by atoms with van der Waals surface area (Å²) < 4.78 is 10.3. The third kappa shape index (κ3) is 3.17. The number of nitrogens with zero attached hydrogens (tertiary/aromatic N) is 1. The van der Waals surface area contributed by atoms with Crippen molar-refractivity contribution >= 4 is 11.9 Å². The number of aliphatic carboxylic acids is 1. The molecular formula is C16H14N2O4. The fourth-order valence-electron chi connectivity index (χ4n) is 2.11. The van der Waals surface area contributed by atoms with Crippen LogP contribution in [0.2, 0.25) is 0 Å². The number of rotatable bonds is 6. The number of furan rings is 1. The summed E-state index contributed by atoms with van der Waals surface area (Å²) in [5, 5.41) is 16.0. The maximum atomic E-state index is 11.4. The fourth-order valence-corrected chi connectivity index (χ4v) is 2.11. The molecule has 0 amide bonds. The number of hydrogen-bond acceptors (Lipinski definition) is 5. The van der Waals surface area contributed by atoms with E-state index in [-0.39, 0.29) is 5.88 Å². The fraction of sp³-hybridized carbons (Fsp3) is 0.125. The van der Waals surface area contributed by atoms with Crippen LogP contribution in [-0.2, 0) is 11.2 Å². The number of aromatic nitrogens is 1. The first kappa shape index (κ1) is 13.9. The van der Waals surface area contributed by atoms with Gasteiger partial charge in [-0.05, 0) is 17.7 Å². The zero-order chi connectivity index (χ0) is 15.4. The van der Waals surface area contributed by atoms with Crippen LogP contribution >= 0.6 is 0 Å². The molecule has 1 aromatic carbocycles. The minimum Gasteiger partial charge on any atom is -0.480 e. The van der Waals surface area contributed by atoms with Crippen molar-refractivity contribution in [2.45, 2.75) is 12.5 Å². The van der Waals surface area contributed by atoms with Crippen LogP contribution in [0.1, 0.15) is 5.56 Å². The van der Waals surface area contributed by atoms with Crippen molar-refractivity contribution in [3.63, 3.8) is 0 Å². The van der Waals surface area contributed by atoms with Gasteiger partial charge in [0.1, 0.15) is 6.04 Å². The molecule has 0 fully saturated rings. The third-order valence-electron chi connectivity index (χ3n) is 3.18. The smallest absolute Gasteiger partial charge is 0.326 e. The lowest BCUT2D eigenvalue weighted by Crippen LogP contribution is -2.31. The van der Waals surface area contributed by atoms with Crippen molar-refractivity contribution in [1.82, 2.24) is 5.16 Å². The highest BCUT2D eigenvalue weighted by Crippen LogP contribution is 2.22. The Kier molecular flexibility index (Phi) is 3.91. The molecule has 0 bridgehead atoms. The number of anilines is 1. The van der Waals surface area contributed by atoms with Crippen molar-refractivity contribution < 1.29 is 18.8 Å². The summed E-state index contributed by atoms with van der Waals surface area (Å²) in [6, 6.07) is 13.7. The number of hydrogen-bond donors (Lipinski definition) is 2. The van der Waals surface area contributed by atoms with E-state index >= 15 is 0 Å². The van der Waals surface area contributed by atoms with Crippen LogP contribution in [0.5, 0.6) is 0 Å². The molecule has 6 nitrogen and oxygen atoms in total. The summed E-state index contributed by atoms with van der Waals surface area (Å²) in [7, 11) is 0. The minimum atomic E-state index is -0.959. The summed E-state index contributed by atoms with van der Waals surface area (Å²) in [6.45, 7) is 0. The standard InChI is InChI=1S/C16H14N2O4/c19-16(20)13(9-11-5-2-1-3-6-11)17-15-10-12(18-22-15)14-7-4-8-21-14/h1-8,10,13,17H,9H2,(H,19,20)/t13-/m0/s1. The second-order valence-corrected chi connectivity index (χ2v) is 4.78. The zero-order valence-corrected chi connectivity index (χ0v) is 11.6. The lowest BCUT2D eigenvalue weighted by Gasteiger charge is -2.13. The molecule has 2 heterocycles. The Labute approximate surface area is 126 Å². The van der Waals surface area contributed by atoms with E-state index in [0.29, 0.717) is 17.9 Å². The molecule has 22 heavy (non-hydrogen) atoms. The molecule has 112 valence electrons. The number of carbonyl (C=O) groups is 1. The quantitative estimate of drug-likeness (QED) is 0.727. The van der Waals surface area contributed by atoms with E-state index in [9.17, 15) is 9.90 Å². The van der Waals surface area contributed by atoms with Gasteiger partial charge in [-0.15, -0.1) is 0 Å². The van der Waals surface area contributed by atoms with Crippen LogP contribution in [0.3, 0.4) is 0 Å². The number of carboxylic acid groups (broad SMARTS) is 1. The van der Waals surface area contributed by atoms with E-state index in [1.54, 1.807) is 18.2 Å². The average Bonchev–Trinajstić information content (AvgIpc) is 3.18. The van der Waals surface area contributed by atoms with Crippen LogP contribution in [0.4, 0.5) is 5.88 Å². The predicted molar refractivity (Wildman–Crippen MR) is 79.4 cm³/mol. The van der Waals surface area contributed by atoms with Crippen LogP contribution in [0, 0.1) is 0 Å². The van der Waals surface area contributed by atoms with E-state index in [1.165, 1.54) is 6.26 Å². The highest BCUT2D eigenvalue weighted by molar-refractivity contribution is 5.77. The third-order valence-corrected chi connectivity index (χ3v) is 3.18. The lowest BCUT2D eigenvalue weighted by molar-refractivity contribution is -0.137. The molecule has 3 aromatic rings.